The highest BCUT2D eigenvalue weighted by molar-refractivity contribution is 5.95. The number of hydrogen-bond acceptors (Lipinski definition) is 5. The van der Waals surface area contributed by atoms with Crippen molar-refractivity contribution in [3.05, 3.63) is 53.6 Å². The van der Waals surface area contributed by atoms with E-state index in [1.807, 2.05) is 13.8 Å². The molecule has 0 saturated heterocycles. The summed E-state index contributed by atoms with van der Waals surface area (Å²) in [6, 6.07) is 10.9. The second kappa shape index (κ2) is 10.2. The van der Waals surface area contributed by atoms with E-state index in [0.29, 0.717) is 41.5 Å². The fraction of sp³-hybridized carbons (Fsp3) is 0.333. The van der Waals surface area contributed by atoms with Crippen molar-refractivity contribution in [1.82, 2.24) is 0 Å². The van der Waals surface area contributed by atoms with Gasteiger partial charge < -0.3 is 25.6 Å². The summed E-state index contributed by atoms with van der Waals surface area (Å²) in [5.74, 6) is 0.0859. The lowest BCUT2D eigenvalue weighted by Gasteiger charge is -2.19. The summed E-state index contributed by atoms with van der Waals surface area (Å²) in [5, 5.41) is 20.2. The van der Waals surface area contributed by atoms with E-state index in [9.17, 15) is 9.90 Å². The highest BCUT2D eigenvalue weighted by Crippen LogP contribution is 2.32. The van der Waals surface area contributed by atoms with E-state index in [1.165, 1.54) is 0 Å². The van der Waals surface area contributed by atoms with Crippen LogP contribution in [0, 0.1) is 5.41 Å². The van der Waals surface area contributed by atoms with Crippen LogP contribution in [0.25, 0.3) is 0 Å². The Kier molecular flexibility index (Phi) is 7.68. The van der Waals surface area contributed by atoms with Crippen LogP contribution in [0.2, 0.25) is 0 Å². The quantitative estimate of drug-likeness (QED) is 0.345. The molecule has 0 aliphatic rings. The number of hydrogen-bond donors (Lipinski definition) is 4. The zero-order chi connectivity index (χ0) is 20.5. The Morgan fingerprint density at radius 2 is 1.68 bits per heavy atom. The van der Waals surface area contributed by atoms with Crippen LogP contribution in [-0.4, -0.2) is 30.1 Å². The molecule has 2 aromatic rings. The van der Waals surface area contributed by atoms with E-state index in [4.69, 9.17) is 20.6 Å². The smallest absolute Gasteiger partial charge is 0.330 e. The van der Waals surface area contributed by atoms with Gasteiger partial charge in [-0.25, -0.2) is 4.79 Å². The van der Waals surface area contributed by atoms with E-state index in [1.54, 1.807) is 42.5 Å². The lowest BCUT2D eigenvalue weighted by atomic mass is 10.1. The molecule has 1 atom stereocenters. The molecule has 0 aliphatic heterocycles. The maximum absolute atomic E-state index is 11.9. The van der Waals surface area contributed by atoms with Gasteiger partial charge in [-0.15, -0.1) is 0 Å². The van der Waals surface area contributed by atoms with Gasteiger partial charge in [0.05, 0.1) is 13.2 Å². The van der Waals surface area contributed by atoms with Crippen LogP contribution in [0.5, 0.6) is 11.5 Å². The number of carbonyl (C=O) groups is 1. The van der Waals surface area contributed by atoms with Crippen molar-refractivity contribution >= 4 is 17.5 Å². The molecule has 2 rings (SSSR count). The molecule has 5 N–H and O–H groups in total. The van der Waals surface area contributed by atoms with E-state index in [-0.39, 0.29) is 5.84 Å². The Balaban J connectivity index is 2.28. The average Bonchev–Trinajstić information content (AvgIpc) is 2.69. The van der Waals surface area contributed by atoms with Crippen LogP contribution in [-0.2, 0) is 4.79 Å². The first-order valence-electron chi connectivity index (χ1n) is 9.29. The Morgan fingerprint density at radius 3 is 2.21 bits per heavy atom. The number of benzene rings is 2. The molecule has 0 aliphatic carbocycles. The van der Waals surface area contributed by atoms with Crippen molar-refractivity contribution in [1.29, 1.82) is 5.41 Å². The van der Waals surface area contributed by atoms with Gasteiger partial charge in [-0.2, -0.15) is 0 Å². The fourth-order valence-electron chi connectivity index (χ4n) is 2.56. The Labute approximate surface area is 165 Å². The molecule has 150 valence electrons. The standard InChI is InChI=1S/C21H27N3O4/c1-3-11-27-17-10-7-15(13-18(17)28-12-4-2)19(21(25)26)24-16-8-5-14(6-9-16)20(22)23/h5-10,13,19,24H,3-4,11-12H2,1-2H3,(H3,22,23)(H,25,26). The van der Waals surface area contributed by atoms with Gasteiger partial charge in [-0.3, -0.25) is 5.41 Å². The first-order chi connectivity index (χ1) is 13.5. The largest absolute Gasteiger partial charge is 0.490 e. The van der Waals surface area contributed by atoms with Crippen molar-refractivity contribution in [2.75, 3.05) is 18.5 Å². The van der Waals surface area contributed by atoms with E-state index in [0.717, 1.165) is 12.8 Å². The number of carboxylic acid groups (broad SMARTS) is 1. The zero-order valence-corrected chi connectivity index (χ0v) is 16.2. The molecule has 7 nitrogen and oxygen atoms in total. The summed E-state index contributed by atoms with van der Waals surface area (Å²) in [6.07, 6.45) is 1.70. The van der Waals surface area contributed by atoms with Crippen molar-refractivity contribution < 1.29 is 19.4 Å². The predicted molar refractivity (Wildman–Crippen MR) is 109 cm³/mol. The molecule has 0 fully saturated rings. The third-order valence-corrected chi connectivity index (χ3v) is 3.98. The molecular formula is C21H27N3O4. The predicted octanol–water partition coefficient (Wildman–Crippen LogP) is 3.79. The Hall–Kier alpha value is -3.22. The number of aliphatic carboxylic acids is 1. The van der Waals surface area contributed by atoms with Gasteiger partial charge in [-0.05, 0) is 54.8 Å². The summed E-state index contributed by atoms with van der Waals surface area (Å²) in [4.78, 5) is 11.9. The van der Waals surface area contributed by atoms with E-state index >= 15 is 0 Å². The SMILES string of the molecule is CCCOc1ccc(C(Nc2ccc(C(=N)N)cc2)C(=O)O)cc1OCCC. The number of ether oxygens (including phenoxy) is 2. The lowest BCUT2D eigenvalue weighted by molar-refractivity contribution is -0.138. The molecule has 0 radical (unpaired) electrons. The van der Waals surface area contributed by atoms with Gasteiger partial charge in [0.25, 0.3) is 0 Å². The van der Waals surface area contributed by atoms with Gasteiger partial charge >= 0.3 is 5.97 Å². The highest BCUT2D eigenvalue weighted by atomic mass is 16.5. The third kappa shape index (κ3) is 5.64. The number of nitrogens with two attached hydrogens (primary N) is 1. The van der Waals surface area contributed by atoms with Gasteiger partial charge in [0.2, 0.25) is 0 Å². The maximum Gasteiger partial charge on any atom is 0.330 e. The van der Waals surface area contributed by atoms with Crippen LogP contribution >= 0.6 is 0 Å². The fourth-order valence-corrected chi connectivity index (χ4v) is 2.56. The lowest BCUT2D eigenvalue weighted by Crippen LogP contribution is -2.21. The number of anilines is 1. The molecule has 0 spiro atoms. The summed E-state index contributed by atoms with van der Waals surface area (Å²) in [6.45, 7) is 5.10. The molecule has 0 aromatic heterocycles. The van der Waals surface area contributed by atoms with Crippen LogP contribution < -0.4 is 20.5 Å². The number of amidine groups is 1. The summed E-state index contributed by atoms with van der Waals surface area (Å²) < 4.78 is 11.5. The van der Waals surface area contributed by atoms with Crippen LogP contribution in [0.4, 0.5) is 5.69 Å². The van der Waals surface area contributed by atoms with Gasteiger partial charge in [0.15, 0.2) is 17.5 Å². The Bertz CT molecular complexity index is 806. The molecule has 1 unspecified atom stereocenters. The first kappa shape index (κ1) is 21.1. The van der Waals surface area contributed by atoms with Gasteiger partial charge in [-0.1, -0.05) is 19.9 Å². The monoisotopic (exact) mass is 385 g/mol. The van der Waals surface area contributed by atoms with E-state index < -0.39 is 12.0 Å². The number of rotatable bonds is 11. The summed E-state index contributed by atoms with van der Waals surface area (Å²) in [7, 11) is 0. The van der Waals surface area contributed by atoms with Gasteiger partial charge in [0, 0.05) is 11.3 Å². The molecule has 0 bridgehead atoms. The van der Waals surface area contributed by atoms with Crippen LogP contribution in [0.15, 0.2) is 42.5 Å². The average molecular weight is 385 g/mol. The second-order valence-electron chi connectivity index (χ2n) is 6.31. The minimum atomic E-state index is -1.01. The second-order valence-corrected chi connectivity index (χ2v) is 6.31. The first-order valence-corrected chi connectivity index (χ1v) is 9.29. The number of nitrogen functional groups attached to an aromatic ring is 1. The maximum atomic E-state index is 11.9. The molecule has 7 heteroatoms. The zero-order valence-electron chi connectivity index (χ0n) is 16.2. The van der Waals surface area contributed by atoms with Crippen molar-refractivity contribution in [2.45, 2.75) is 32.7 Å². The number of nitrogens with one attached hydrogen (secondary N) is 2. The normalized spacial score (nSPS) is 11.5. The van der Waals surface area contributed by atoms with Crippen molar-refractivity contribution in [3.63, 3.8) is 0 Å². The van der Waals surface area contributed by atoms with Gasteiger partial charge in [0.1, 0.15) is 5.84 Å². The summed E-state index contributed by atoms with van der Waals surface area (Å²) >= 11 is 0. The minimum absolute atomic E-state index is 0.0401. The highest BCUT2D eigenvalue weighted by Gasteiger charge is 2.21. The molecule has 0 saturated carbocycles. The van der Waals surface area contributed by atoms with Crippen LogP contribution in [0.1, 0.15) is 43.9 Å². The molecular weight excluding hydrogens is 358 g/mol. The summed E-state index contributed by atoms with van der Waals surface area (Å²) in [5.41, 5.74) is 7.19. The topological polar surface area (TPSA) is 118 Å². The molecule has 2 aromatic carbocycles. The van der Waals surface area contributed by atoms with Crippen molar-refractivity contribution in [3.8, 4) is 11.5 Å². The minimum Gasteiger partial charge on any atom is -0.490 e. The molecule has 0 heterocycles. The molecule has 28 heavy (non-hydrogen) atoms. The number of carboxylic acids is 1. The van der Waals surface area contributed by atoms with Crippen LogP contribution in [0.3, 0.4) is 0 Å². The molecule has 0 amide bonds. The van der Waals surface area contributed by atoms with Crippen molar-refractivity contribution in [2.24, 2.45) is 5.73 Å². The Morgan fingerprint density at radius 1 is 1.07 bits per heavy atom. The third-order valence-electron chi connectivity index (χ3n) is 3.98. The van der Waals surface area contributed by atoms with E-state index in [2.05, 4.69) is 5.32 Å².